The second-order valence-corrected chi connectivity index (χ2v) is 7.57. The Labute approximate surface area is 179 Å². The van der Waals surface area contributed by atoms with Gasteiger partial charge in [-0.2, -0.15) is 0 Å². The molecule has 2 aliphatic heterocycles. The molecule has 2 fully saturated rings. The minimum Gasteiger partial charge on any atom is -0.507 e. The molecule has 4 rings (SSSR count). The minimum atomic E-state index is -1.03. The second-order valence-electron chi connectivity index (χ2n) is 7.57. The molecule has 2 heterocycles. The largest absolute Gasteiger partial charge is 0.507 e. The van der Waals surface area contributed by atoms with Crippen molar-refractivity contribution < 1.29 is 28.6 Å². The van der Waals surface area contributed by atoms with Crippen LogP contribution in [0.3, 0.4) is 0 Å². The summed E-state index contributed by atoms with van der Waals surface area (Å²) in [5.41, 5.74) is 0.379. The molecule has 0 aliphatic carbocycles. The van der Waals surface area contributed by atoms with E-state index in [1.54, 1.807) is 30.3 Å². The molecule has 2 atom stereocenters. The number of carbonyl (C=O) groups excluding carboxylic acids is 2. The Bertz CT molecular complexity index is 1010. The third kappa shape index (κ3) is 4.05. The number of Topliss-reactive ketones (excluding diaryl/α,β-unsaturated/α-hetero) is 1. The summed E-state index contributed by atoms with van der Waals surface area (Å²) in [5, 5.41) is 11.0. The van der Waals surface area contributed by atoms with E-state index >= 15 is 0 Å². The minimum absolute atomic E-state index is 0.128. The number of aliphatic hydroxyl groups is 1. The molecule has 162 valence electrons. The Morgan fingerprint density at radius 3 is 2.58 bits per heavy atom. The first-order valence-corrected chi connectivity index (χ1v) is 10.4. The molecule has 2 aromatic carbocycles. The monoisotopic (exact) mass is 425 g/mol. The van der Waals surface area contributed by atoms with E-state index in [1.807, 2.05) is 6.92 Å². The molecule has 2 unspecified atom stereocenters. The van der Waals surface area contributed by atoms with Gasteiger partial charge in [0.15, 0.2) is 0 Å². The molecule has 0 radical (unpaired) electrons. The van der Waals surface area contributed by atoms with Gasteiger partial charge in [-0.25, -0.2) is 4.39 Å². The molecule has 1 amide bonds. The molecule has 31 heavy (non-hydrogen) atoms. The number of hydrogen-bond acceptors (Lipinski definition) is 5. The van der Waals surface area contributed by atoms with Crippen molar-refractivity contribution in [3.63, 3.8) is 0 Å². The molecule has 2 saturated heterocycles. The van der Waals surface area contributed by atoms with Gasteiger partial charge in [-0.3, -0.25) is 9.59 Å². The topological polar surface area (TPSA) is 76.1 Å². The quantitative estimate of drug-likeness (QED) is 0.433. The zero-order chi connectivity index (χ0) is 22.0. The van der Waals surface area contributed by atoms with Gasteiger partial charge in [-0.1, -0.05) is 18.2 Å². The molecule has 1 N–H and O–H groups in total. The normalized spacial score (nSPS) is 22.8. The summed E-state index contributed by atoms with van der Waals surface area (Å²) in [6.45, 7) is 3.10. The highest BCUT2D eigenvalue weighted by Crippen LogP contribution is 2.41. The first kappa shape index (κ1) is 21.1. The van der Waals surface area contributed by atoms with Gasteiger partial charge in [0.1, 0.15) is 17.3 Å². The lowest BCUT2D eigenvalue weighted by molar-refractivity contribution is -0.140. The number of benzene rings is 2. The van der Waals surface area contributed by atoms with Gasteiger partial charge in [0.2, 0.25) is 0 Å². The van der Waals surface area contributed by atoms with E-state index in [0.717, 1.165) is 12.8 Å². The van der Waals surface area contributed by atoms with Gasteiger partial charge in [-0.15, -0.1) is 0 Å². The Kier molecular flexibility index (Phi) is 6.04. The Morgan fingerprint density at radius 2 is 1.94 bits per heavy atom. The lowest BCUT2D eigenvalue weighted by atomic mass is 9.94. The van der Waals surface area contributed by atoms with Crippen molar-refractivity contribution in [2.24, 2.45) is 0 Å². The van der Waals surface area contributed by atoms with Crippen LogP contribution in [-0.2, 0) is 14.3 Å². The number of ketones is 1. The third-order valence-corrected chi connectivity index (χ3v) is 5.60. The van der Waals surface area contributed by atoms with E-state index in [0.29, 0.717) is 24.5 Å². The molecular weight excluding hydrogens is 401 g/mol. The van der Waals surface area contributed by atoms with Crippen LogP contribution in [0.2, 0.25) is 0 Å². The van der Waals surface area contributed by atoms with Crippen LogP contribution in [0.1, 0.15) is 36.9 Å². The predicted molar refractivity (Wildman–Crippen MR) is 112 cm³/mol. The van der Waals surface area contributed by atoms with E-state index in [2.05, 4.69) is 0 Å². The standard InChI is InChI=1S/C24H24FNO5/c1-2-30-16-11-9-15(10-12-16)22(27)20-21(18-7-3-4-8-19(18)25)26(24(29)23(20)28)14-17-6-5-13-31-17/h3-4,7-12,17,21,27H,2,5-6,13-14H2,1H3/b22-20-. The van der Waals surface area contributed by atoms with Crippen LogP contribution in [-0.4, -0.2) is 47.6 Å². The molecule has 7 heteroatoms. The van der Waals surface area contributed by atoms with Crippen LogP contribution in [0.15, 0.2) is 54.1 Å². The highest BCUT2D eigenvalue weighted by atomic mass is 19.1. The molecule has 0 saturated carbocycles. The van der Waals surface area contributed by atoms with E-state index in [1.165, 1.54) is 23.1 Å². The van der Waals surface area contributed by atoms with Crippen molar-refractivity contribution in [3.8, 4) is 5.75 Å². The third-order valence-electron chi connectivity index (χ3n) is 5.60. The van der Waals surface area contributed by atoms with Crippen molar-refractivity contribution in [2.75, 3.05) is 19.8 Å². The van der Waals surface area contributed by atoms with Crippen LogP contribution in [0, 0.1) is 5.82 Å². The summed E-state index contributed by atoms with van der Waals surface area (Å²) in [5.74, 6) is -1.88. The van der Waals surface area contributed by atoms with Gasteiger partial charge >= 0.3 is 0 Å². The number of ether oxygens (including phenoxy) is 2. The number of rotatable bonds is 6. The van der Waals surface area contributed by atoms with Crippen molar-refractivity contribution in [1.29, 1.82) is 0 Å². The number of hydrogen-bond donors (Lipinski definition) is 1. The summed E-state index contributed by atoms with van der Waals surface area (Å²) < 4.78 is 25.8. The average molecular weight is 425 g/mol. The van der Waals surface area contributed by atoms with E-state index in [9.17, 15) is 19.1 Å². The number of halogens is 1. The molecule has 2 aromatic rings. The van der Waals surface area contributed by atoms with Gasteiger partial charge < -0.3 is 19.5 Å². The van der Waals surface area contributed by atoms with Gasteiger partial charge in [0.25, 0.3) is 11.7 Å². The first-order valence-electron chi connectivity index (χ1n) is 10.4. The van der Waals surface area contributed by atoms with Gasteiger partial charge in [-0.05, 0) is 50.1 Å². The van der Waals surface area contributed by atoms with Crippen LogP contribution < -0.4 is 4.74 Å². The number of likely N-dealkylation sites (tertiary alicyclic amines) is 1. The highest BCUT2D eigenvalue weighted by Gasteiger charge is 2.47. The van der Waals surface area contributed by atoms with Gasteiger partial charge in [0.05, 0.1) is 24.3 Å². The summed E-state index contributed by atoms with van der Waals surface area (Å²) in [6.07, 6.45) is 1.40. The van der Waals surface area contributed by atoms with Crippen molar-refractivity contribution >= 4 is 17.4 Å². The Morgan fingerprint density at radius 1 is 1.19 bits per heavy atom. The molecule has 2 aliphatic rings. The first-order chi connectivity index (χ1) is 15.0. The second kappa shape index (κ2) is 8.89. The van der Waals surface area contributed by atoms with E-state index in [-0.39, 0.29) is 29.5 Å². The lowest BCUT2D eigenvalue weighted by Crippen LogP contribution is -2.36. The van der Waals surface area contributed by atoms with Crippen LogP contribution in [0.4, 0.5) is 4.39 Å². The van der Waals surface area contributed by atoms with E-state index in [4.69, 9.17) is 9.47 Å². The maximum atomic E-state index is 14.8. The zero-order valence-electron chi connectivity index (χ0n) is 17.2. The Hall–Kier alpha value is -3.19. The number of carbonyl (C=O) groups is 2. The highest BCUT2D eigenvalue weighted by molar-refractivity contribution is 6.46. The fourth-order valence-corrected chi connectivity index (χ4v) is 4.13. The number of nitrogens with zero attached hydrogens (tertiary/aromatic N) is 1. The summed E-state index contributed by atoms with van der Waals surface area (Å²) >= 11 is 0. The molecule has 0 aromatic heterocycles. The summed E-state index contributed by atoms with van der Waals surface area (Å²) in [7, 11) is 0. The van der Waals surface area contributed by atoms with E-state index < -0.39 is 23.5 Å². The molecule has 0 spiro atoms. The fourth-order valence-electron chi connectivity index (χ4n) is 4.13. The molecular formula is C24H24FNO5. The van der Waals surface area contributed by atoms with Crippen LogP contribution in [0.25, 0.3) is 5.76 Å². The molecule has 6 nitrogen and oxygen atoms in total. The number of aliphatic hydroxyl groups excluding tert-OH is 1. The van der Waals surface area contributed by atoms with Crippen molar-refractivity contribution in [2.45, 2.75) is 31.9 Å². The molecule has 0 bridgehead atoms. The smallest absolute Gasteiger partial charge is 0.295 e. The fraction of sp³-hybridized carbons (Fsp3) is 0.333. The van der Waals surface area contributed by atoms with Crippen molar-refractivity contribution in [3.05, 3.63) is 71.0 Å². The lowest BCUT2D eigenvalue weighted by Gasteiger charge is -2.27. The maximum Gasteiger partial charge on any atom is 0.295 e. The van der Waals surface area contributed by atoms with Gasteiger partial charge in [0, 0.05) is 24.3 Å². The zero-order valence-corrected chi connectivity index (χ0v) is 17.2. The summed E-state index contributed by atoms with van der Waals surface area (Å²) in [6, 6.07) is 11.5. The Balaban J connectivity index is 1.79. The maximum absolute atomic E-state index is 14.8. The van der Waals surface area contributed by atoms with Crippen LogP contribution in [0.5, 0.6) is 5.75 Å². The predicted octanol–water partition coefficient (Wildman–Crippen LogP) is 3.83. The summed E-state index contributed by atoms with van der Waals surface area (Å²) in [4.78, 5) is 27.2. The van der Waals surface area contributed by atoms with Crippen molar-refractivity contribution in [1.82, 2.24) is 4.90 Å². The number of amides is 1. The SMILES string of the molecule is CCOc1ccc(/C(O)=C2/C(=O)C(=O)N(CC3CCCO3)C2c2ccccc2F)cc1. The van der Waals surface area contributed by atoms with Crippen LogP contribution >= 0.6 is 0 Å². The average Bonchev–Trinajstić information content (AvgIpc) is 3.37.